The number of aliphatic hydroxyl groups is 1. The van der Waals surface area contributed by atoms with Crippen LogP contribution in [0.4, 0.5) is 0 Å². The van der Waals surface area contributed by atoms with Gasteiger partial charge in [0.25, 0.3) is 5.91 Å². The van der Waals surface area contributed by atoms with Gasteiger partial charge >= 0.3 is 0 Å². The number of likely N-dealkylation sites (tertiary alicyclic amines) is 1. The zero-order chi connectivity index (χ0) is 22.0. The highest BCUT2D eigenvalue weighted by Crippen LogP contribution is 2.39. The number of nitrogens with one attached hydrogen (secondary N) is 1. The van der Waals surface area contributed by atoms with E-state index in [1.165, 1.54) is 22.5 Å². The summed E-state index contributed by atoms with van der Waals surface area (Å²) in [6, 6.07) is 10.0. The molecule has 0 radical (unpaired) electrons. The minimum atomic E-state index is -0.188. The van der Waals surface area contributed by atoms with Crippen molar-refractivity contribution in [1.29, 1.82) is 0 Å². The van der Waals surface area contributed by atoms with Crippen molar-refractivity contribution >= 4 is 33.4 Å². The van der Waals surface area contributed by atoms with Gasteiger partial charge in [-0.1, -0.05) is 24.3 Å². The van der Waals surface area contributed by atoms with E-state index in [1.54, 1.807) is 6.20 Å². The number of rotatable bonds is 6. The van der Waals surface area contributed by atoms with Crippen molar-refractivity contribution in [2.24, 2.45) is 0 Å². The molecule has 31 heavy (non-hydrogen) atoms. The third-order valence-electron chi connectivity index (χ3n) is 5.98. The van der Waals surface area contributed by atoms with E-state index in [1.807, 2.05) is 23.1 Å². The van der Waals surface area contributed by atoms with Gasteiger partial charge in [-0.3, -0.25) is 9.59 Å². The quantitative estimate of drug-likeness (QED) is 0.621. The van der Waals surface area contributed by atoms with Crippen molar-refractivity contribution in [2.75, 3.05) is 26.2 Å². The first-order valence-corrected chi connectivity index (χ1v) is 11.4. The number of pyridine rings is 1. The first-order chi connectivity index (χ1) is 15.0. The number of fused-ring (bicyclic) bond motifs is 1. The van der Waals surface area contributed by atoms with Gasteiger partial charge in [0.15, 0.2) is 0 Å². The summed E-state index contributed by atoms with van der Waals surface area (Å²) in [7, 11) is 0. The first-order valence-electron chi connectivity index (χ1n) is 10.6. The second-order valence-corrected chi connectivity index (χ2v) is 9.10. The van der Waals surface area contributed by atoms with Gasteiger partial charge in [-0.25, -0.2) is 4.98 Å². The van der Waals surface area contributed by atoms with Crippen LogP contribution in [-0.4, -0.2) is 53.0 Å². The summed E-state index contributed by atoms with van der Waals surface area (Å²) in [5.74, 6) is 0.0261. The Morgan fingerprint density at radius 2 is 2.10 bits per heavy atom. The van der Waals surface area contributed by atoms with E-state index in [9.17, 15) is 9.59 Å². The van der Waals surface area contributed by atoms with Gasteiger partial charge < -0.3 is 15.3 Å². The number of nitrogens with zero attached hydrogens (tertiary/aromatic N) is 2. The van der Waals surface area contributed by atoms with Gasteiger partial charge in [0, 0.05) is 37.1 Å². The number of hydrogen-bond acceptors (Lipinski definition) is 5. The molecule has 3 heterocycles. The first kappa shape index (κ1) is 21.5. The van der Waals surface area contributed by atoms with E-state index in [4.69, 9.17) is 5.11 Å². The topological polar surface area (TPSA) is 82.5 Å². The maximum atomic E-state index is 13.0. The monoisotopic (exact) mass is 437 g/mol. The maximum absolute atomic E-state index is 13.0. The highest BCUT2D eigenvalue weighted by Gasteiger charge is 2.32. The van der Waals surface area contributed by atoms with Gasteiger partial charge in [0.1, 0.15) is 4.83 Å². The second-order valence-electron chi connectivity index (χ2n) is 8.10. The molecule has 3 aromatic rings. The van der Waals surface area contributed by atoms with Crippen molar-refractivity contribution in [3.05, 3.63) is 63.7 Å². The number of aromatic nitrogens is 1. The summed E-state index contributed by atoms with van der Waals surface area (Å²) in [5, 5.41) is 12.8. The molecule has 2 amide bonds. The standard InChI is InChI=1S/C24H27N3O3S/c1-15-5-6-17(12-16(15)2)13-20(29)27-10-7-18(14-27)21-19-4-3-8-26-24(19)31-22(21)23(30)25-9-11-28/h3-6,8,12,18,28H,7,9-11,13-14H2,1-2H3,(H,25,30)/t18-/m1/s1. The summed E-state index contributed by atoms with van der Waals surface area (Å²) >= 11 is 1.38. The lowest BCUT2D eigenvalue weighted by Gasteiger charge is -2.18. The molecule has 1 fully saturated rings. The Morgan fingerprint density at radius 1 is 1.26 bits per heavy atom. The zero-order valence-electron chi connectivity index (χ0n) is 17.9. The third-order valence-corrected chi connectivity index (χ3v) is 7.11. The Labute approximate surface area is 185 Å². The molecule has 0 aliphatic carbocycles. The number of aryl methyl sites for hydroxylation is 2. The van der Waals surface area contributed by atoms with E-state index in [0.29, 0.717) is 24.4 Å². The molecule has 2 aromatic heterocycles. The van der Waals surface area contributed by atoms with Crippen LogP contribution >= 0.6 is 11.3 Å². The molecule has 4 rings (SSSR count). The second kappa shape index (κ2) is 9.16. The van der Waals surface area contributed by atoms with Crippen molar-refractivity contribution in [1.82, 2.24) is 15.2 Å². The number of aliphatic hydroxyl groups excluding tert-OH is 1. The summed E-state index contributed by atoms with van der Waals surface area (Å²) in [6.45, 7) is 5.53. The molecule has 1 saturated heterocycles. The molecule has 162 valence electrons. The summed E-state index contributed by atoms with van der Waals surface area (Å²) in [4.78, 5) is 33.5. The van der Waals surface area contributed by atoms with Gasteiger partial charge in [-0.05, 0) is 48.6 Å². The Morgan fingerprint density at radius 3 is 2.87 bits per heavy atom. The van der Waals surface area contributed by atoms with Gasteiger partial charge in [0.2, 0.25) is 5.91 Å². The van der Waals surface area contributed by atoms with Crippen LogP contribution in [0.25, 0.3) is 10.2 Å². The SMILES string of the molecule is Cc1ccc(CC(=O)N2CC[C@@H](c3c(C(=O)NCCO)sc4ncccc34)C2)cc1C. The predicted octanol–water partition coefficient (Wildman–Crippen LogP) is 3.19. The van der Waals surface area contributed by atoms with Crippen LogP contribution in [0.5, 0.6) is 0 Å². The summed E-state index contributed by atoms with van der Waals surface area (Å²) < 4.78 is 0. The van der Waals surface area contributed by atoms with E-state index in [2.05, 4.69) is 36.3 Å². The summed E-state index contributed by atoms with van der Waals surface area (Å²) in [5.41, 5.74) is 4.43. The molecule has 7 heteroatoms. The van der Waals surface area contributed by atoms with Crippen molar-refractivity contribution in [2.45, 2.75) is 32.6 Å². The number of carbonyl (C=O) groups is 2. The fraction of sp³-hybridized carbons (Fsp3) is 0.375. The third kappa shape index (κ3) is 4.48. The van der Waals surface area contributed by atoms with E-state index >= 15 is 0 Å². The van der Waals surface area contributed by atoms with Gasteiger partial charge in [-0.15, -0.1) is 11.3 Å². The van der Waals surface area contributed by atoms with Crippen LogP contribution in [0.15, 0.2) is 36.5 Å². The smallest absolute Gasteiger partial charge is 0.261 e. The van der Waals surface area contributed by atoms with Crippen LogP contribution in [0.2, 0.25) is 0 Å². The number of benzene rings is 1. The fourth-order valence-corrected chi connectivity index (χ4v) is 5.34. The molecule has 0 spiro atoms. The Balaban J connectivity index is 1.55. The van der Waals surface area contributed by atoms with Crippen LogP contribution in [0.3, 0.4) is 0 Å². The zero-order valence-corrected chi connectivity index (χ0v) is 18.7. The van der Waals surface area contributed by atoms with Crippen LogP contribution in [0, 0.1) is 13.8 Å². The van der Waals surface area contributed by atoms with Gasteiger partial charge in [-0.2, -0.15) is 0 Å². The van der Waals surface area contributed by atoms with E-state index < -0.39 is 0 Å². The minimum Gasteiger partial charge on any atom is -0.395 e. The minimum absolute atomic E-state index is 0.0940. The molecule has 1 aromatic carbocycles. The van der Waals surface area contributed by atoms with Gasteiger partial charge in [0.05, 0.1) is 17.9 Å². The normalized spacial score (nSPS) is 16.1. The Kier molecular flexibility index (Phi) is 6.34. The molecular formula is C24H27N3O3S. The molecule has 1 atom stereocenters. The Bertz CT molecular complexity index is 1120. The number of hydrogen-bond donors (Lipinski definition) is 2. The van der Waals surface area contributed by atoms with Crippen LogP contribution < -0.4 is 5.32 Å². The van der Waals surface area contributed by atoms with Crippen molar-refractivity contribution in [3.63, 3.8) is 0 Å². The summed E-state index contributed by atoms with van der Waals surface area (Å²) in [6.07, 6.45) is 2.94. The molecule has 6 nitrogen and oxygen atoms in total. The highest BCUT2D eigenvalue weighted by atomic mass is 32.1. The number of carbonyl (C=O) groups excluding carboxylic acids is 2. The van der Waals surface area contributed by atoms with Crippen molar-refractivity contribution < 1.29 is 14.7 Å². The van der Waals surface area contributed by atoms with Crippen LogP contribution in [0.1, 0.15) is 44.3 Å². The molecule has 0 bridgehead atoms. The molecule has 1 aliphatic rings. The molecule has 0 saturated carbocycles. The van der Waals surface area contributed by atoms with Crippen LogP contribution in [-0.2, 0) is 11.2 Å². The van der Waals surface area contributed by atoms with E-state index in [0.717, 1.165) is 27.8 Å². The molecule has 0 unspecified atom stereocenters. The lowest BCUT2D eigenvalue weighted by molar-refractivity contribution is -0.129. The van der Waals surface area contributed by atoms with E-state index in [-0.39, 0.29) is 30.9 Å². The lowest BCUT2D eigenvalue weighted by atomic mass is 9.95. The predicted molar refractivity (Wildman–Crippen MR) is 123 cm³/mol. The number of amides is 2. The fourth-order valence-electron chi connectivity index (χ4n) is 4.20. The maximum Gasteiger partial charge on any atom is 0.261 e. The Hall–Kier alpha value is -2.77. The molecule has 1 aliphatic heterocycles. The average Bonchev–Trinajstić information content (AvgIpc) is 3.39. The highest BCUT2D eigenvalue weighted by molar-refractivity contribution is 7.20. The van der Waals surface area contributed by atoms with Crippen molar-refractivity contribution in [3.8, 4) is 0 Å². The molecule has 2 N–H and O–H groups in total. The lowest BCUT2D eigenvalue weighted by Crippen LogP contribution is -2.30. The number of thiophene rings is 1. The molecular weight excluding hydrogens is 410 g/mol. The average molecular weight is 438 g/mol. The largest absolute Gasteiger partial charge is 0.395 e.